The number of rotatable bonds is 2. The molecule has 1 aliphatic heterocycles. The van der Waals surface area contributed by atoms with E-state index >= 15 is 0 Å². The Hall–Kier alpha value is -1.88. The van der Waals surface area contributed by atoms with Crippen molar-refractivity contribution in [3.8, 4) is 0 Å². The van der Waals surface area contributed by atoms with Crippen molar-refractivity contribution < 1.29 is 19.1 Å². The topological polar surface area (TPSA) is 63.7 Å². The maximum absolute atomic E-state index is 12.4. The van der Waals surface area contributed by atoms with Crippen molar-refractivity contribution in [1.29, 1.82) is 0 Å². The van der Waals surface area contributed by atoms with E-state index in [1.165, 1.54) is 7.11 Å². The van der Waals surface area contributed by atoms with E-state index in [0.29, 0.717) is 17.1 Å². The minimum atomic E-state index is -0.779. The second-order valence-corrected chi connectivity index (χ2v) is 5.26. The first kappa shape index (κ1) is 15.5. The molecule has 0 saturated carbocycles. The number of ketones is 1. The normalized spacial score (nSPS) is 19.0. The fourth-order valence-corrected chi connectivity index (χ4v) is 2.59. The van der Waals surface area contributed by atoms with Crippen LogP contribution >= 0.6 is 11.6 Å². The Morgan fingerprint density at radius 1 is 1.29 bits per heavy atom. The SMILES string of the molecule is COC(=O)C1CCN(C(=O)c2ccccc2Cl)CCC1=O. The van der Waals surface area contributed by atoms with E-state index in [4.69, 9.17) is 11.6 Å². The zero-order chi connectivity index (χ0) is 15.4. The third-order valence-electron chi connectivity index (χ3n) is 3.58. The van der Waals surface area contributed by atoms with Crippen molar-refractivity contribution in [3.05, 3.63) is 34.9 Å². The van der Waals surface area contributed by atoms with E-state index in [1.807, 2.05) is 0 Å². The van der Waals surface area contributed by atoms with Crippen LogP contribution in [0.5, 0.6) is 0 Å². The van der Waals surface area contributed by atoms with Crippen molar-refractivity contribution in [2.45, 2.75) is 12.8 Å². The van der Waals surface area contributed by atoms with E-state index in [0.717, 1.165) is 0 Å². The molecule has 0 aromatic heterocycles. The summed E-state index contributed by atoms with van der Waals surface area (Å²) in [6.45, 7) is 0.617. The van der Waals surface area contributed by atoms with Gasteiger partial charge >= 0.3 is 5.97 Å². The first-order valence-electron chi connectivity index (χ1n) is 6.69. The van der Waals surface area contributed by atoms with Crippen LogP contribution in [-0.4, -0.2) is 42.8 Å². The van der Waals surface area contributed by atoms with Crippen LogP contribution in [0.2, 0.25) is 5.02 Å². The van der Waals surface area contributed by atoms with Crippen LogP contribution in [0.1, 0.15) is 23.2 Å². The molecule has 0 spiro atoms. The molecule has 0 radical (unpaired) electrons. The molecule has 112 valence electrons. The molecule has 1 aliphatic rings. The average molecular weight is 310 g/mol. The molecule has 1 heterocycles. The number of benzene rings is 1. The average Bonchev–Trinajstić information content (AvgIpc) is 2.68. The zero-order valence-corrected chi connectivity index (χ0v) is 12.4. The molecule has 1 atom stereocenters. The van der Waals surface area contributed by atoms with Crippen LogP contribution in [0.25, 0.3) is 0 Å². The number of likely N-dealkylation sites (tertiary alicyclic amines) is 1. The molecule has 1 unspecified atom stereocenters. The molecule has 1 aromatic rings. The van der Waals surface area contributed by atoms with Crippen LogP contribution in [0, 0.1) is 5.92 Å². The third-order valence-corrected chi connectivity index (χ3v) is 3.91. The quantitative estimate of drug-likeness (QED) is 0.618. The smallest absolute Gasteiger partial charge is 0.316 e. The van der Waals surface area contributed by atoms with Crippen molar-refractivity contribution in [1.82, 2.24) is 4.90 Å². The number of halogens is 1. The molecule has 6 heteroatoms. The minimum absolute atomic E-state index is 0.149. The van der Waals surface area contributed by atoms with Gasteiger partial charge in [-0.1, -0.05) is 23.7 Å². The van der Waals surface area contributed by atoms with Gasteiger partial charge in [0.2, 0.25) is 0 Å². The van der Waals surface area contributed by atoms with Gasteiger partial charge in [0.1, 0.15) is 11.7 Å². The van der Waals surface area contributed by atoms with E-state index < -0.39 is 11.9 Å². The fraction of sp³-hybridized carbons (Fsp3) is 0.400. The molecule has 1 amide bonds. The summed E-state index contributed by atoms with van der Waals surface area (Å²) in [5, 5.41) is 0.377. The highest BCUT2D eigenvalue weighted by Crippen LogP contribution is 2.21. The van der Waals surface area contributed by atoms with Crippen molar-refractivity contribution in [2.24, 2.45) is 5.92 Å². The Morgan fingerprint density at radius 3 is 2.67 bits per heavy atom. The second kappa shape index (κ2) is 6.72. The van der Waals surface area contributed by atoms with Crippen LogP contribution in [0.4, 0.5) is 0 Å². The molecule has 5 nitrogen and oxygen atoms in total. The number of nitrogens with zero attached hydrogens (tertiary/aromatic N) is 1. The highest BCUT2D eigenvalue weighted by molar-refractivity contribution is 6.33. The maximum Gasteiger partial charge on any atom is 0.316 e. The molecule has 1 aromatic carbocycles. The van der Waals surface area contributed by atoms with Crippen LogP contribution in [0.3, 0.4) is 0 Å². The lowest BCUT2D eigenvalue weighted by Gasteiger charge is -2.20. The summed E-state index contributed by atoms with van der Waals surface area (Å²) in [6, 6.07) is 6.78. The van der Waals surface area contributed by atoms with Gasteiger partial charge in [0, 0.05) is 19.5 Å². The number of hydrogen-bond acceptors (Lipinski definition) is 4. The monoisotopic (exact) mass is 309 g/mol. The molecule has 1 fully saturated rings. The third kappa shape index (κ3) is 3.42. The fourth-order valence-electron chi connectivity index (χ4n) is 2.38. The number of Topliss-reactive ketones (excluding diaryl/α,β-unsaturated/α-hetero) is 1. The number of amides is 1. The van der Waals surface area contributed by atoms with E-state index in [9.17, 15) is 14.4 Å². The largest absolute Gasteiger partial charge is 0.468 e. The van der Waals surface area contributed by atoms with Crippen LogP contribution in [0.15, 0.2) is 24.3 Å². The Balaban J connectivity index is 2.13. The van der Waals surface area contributed by atoms with Gasteiger partial charge < -0.3 is 9.64 Å². The van der Waals surface area contributed by atoms with Crippen molar-refractivity contribution in [2.75, 3.05) is 20.2 Å². The summed E-state index contributed by atoms with van der Waals surface area (Å²) in [6.07, 6.45) is 0.428. The number of hydrogen-bond donors (Lipinski definition) is 0. The number of carbonyl (C=O) groups is 3. The Bertz CT molecular complexity index is 573. The molecule has 0 bridgehead atoms. The van der Waals surface area contributed by atoms with Gasteiger partial charge in [0.25, 0.3) is 5.91 Å². The number of ether oxygens (including phenoxy) is 1. The van der Waals surface area contributed by atoms with Crippen LogP contribution < -0.4 is 0 Å². The molecule has 21 heavy (non-hydrogen) atoms. The van der Waals surface area contributed by atoms with Crippen molar-refractivity contribution in [3.63, 3.8) is 0 Å². The predicted octanol–water partition coefficient (Wildman–Crippen LogP) is 1.93. The number of carbonyl (C=O) groups excluding carboxylic acids is 3. The summed E-state index contributed by atoms with van der Waals surface area (Å²) in [7, 11) is 1.26. The Morgan fingerprint density at radius 2 is 2.00 bits per heavy atom. The lowest BCUT2D eigenvalue weighted by Crippen LogP contribution is -2.32. The Kier molecular flexibility index (Phi) is 4.96. The van der Waals surface area contributed by atoms with Gasteiger partial charge in [-0.25, -0.2) is 0 Å². The molecule has 2 rings (SSSR count). The summed E-state index contributed by atoms with van der Waals surface area (Å²) >= 11 is 6.02. The highest BCUT2D eigenvalue weighted by atomic mass is 35.5. The summed E-state index contributed by atoms with van der Waals surface area (Å²) in [5.41, 5.74) is 0.406. The van der Waals surface area contributed by atoms with Gasteiger partial charge in [-0.05, 0) is 18.6 Å². The standard InChI is InChI=1S/C15H16ClNO4/c1-21-15(20)11-6-8-17(9-7-13(11)18)14(19)10-4-2-3-5-12(10)16/h2-5,11H,6-9H2,1H3. The first-order valence-corrected chi connectivity index (χ1v) is 7.06. The van der Waals surface area contributed by atoms with Crippen molar-refractivity contribution >= 4 is 29.3 Å². The maximum atomic E-state index is 12.4. The molecule has 1 saturated heterocycles. The lowest BCUT2D eigenvalue weighted by atomic mass is 10.00. The van der Waals surface area contributed by atoms with Crippen LogP contribution in [-0.2, 0) is 14.3 Å². The molecule has 0 aliphatic carbocycles. The van der Waals surface area contributed by atoms with Gasteiger partial charge in [0.15, 0.2) is 0 Å². The molecular formula is C15H16ClNO4. The van der Waals surface area contributed by atoms with E-state index in [1.54, 1.807) is 29.2 Å². The summed E-state index contributed by atoms with van der Waals surface area (Å²) in [4.78, 5) is 37.5. The van der Waals surface area contributed by atoms with Gasteiger partial charge in [0.05, 0.1) is 17.7 Å². The Labute approximate surface area is 127 Å². The number of methoxy groups -OCH3 is 1. The second-order valence-electron chi connectivity index (χ2n) is 4.85. The van der Waals surface area contributed by atoms with Gasteiger partial charge in [-0.2, -0.15) is 0 Å². The number of esters is 1. The first-order chi connectivity index (χ1) is 10.0. The minimum Gasteiger partial charge on any atom is -0.468 e. The van der Waals surface area contributed by atoms with Gasteiger partial charge in [-0.3, -0.25) is 14.4 Å². The van der Waals surface area contributed by atoms with E-state index in [-0.39, 0.29) is 31.1 Å². The predicted molar refractivity (Wildman–Crippen MR) is 77.1 cm³/mol. The highest BCUT2D eigenvalue weighted by Gasteiger charge is 2.32. The molecule has 0 N–H and O–H groups in total. The molecular weight excluding hydrogens is 294 g/mol. The van der Waals surface area contributed by atoms with Gasteiger partial charge in [-0.15, -0.1) is 0 Å². The lowest BCUT2D eigenvalue weighted by molar-refractivity contribution is -0.149. The zero-order valence-electron chi connectivity index (χ0n) is 11.7. The summed E-state index contributed by atoms with van der Waals surface area (Å²) in [5.74, 6) is -1.72. The summed E-state index contributed by atoms with van der Waals surface area (Å²) < 4.78 is 4.63. The van der Waals surface area contributed by atoms with E-state index in [2.05, 4.69) is 4.74 Å².